The number of hydrogen-bond donors (Lipinski definition) is 2. The summed E-state index contributed by atoms with van der Waals surface area (Å²) in [5.74, 6) is 0.653. The minimum absolute atomic E-state index is 0. The Morgan fingerprint density at radius 3 is 1.56 bits per heavy atom. The summed E-state index contributed by atoms with van der Waals surface area (Å²) in [5, 5.41) is 0. The molecule has 0 saturated heterocycles. The second kappa shape index (κ2) is 14.2. The molecule has 0 spiro atoms. The van der Waals surface area contributed by atoms with E-state index in [-0.39, 0.29) is 24.4 Å². The third kappa shape index (κ3) is 8.49. The molecule has 4 aromatic rings. The van der Waals surface area contributed by atoms with Gasteiger partial charge < -0.3 is 5.73 Å². The molecule has 190 valence electrons. The molecule has 0 amide bonds. The Morgan fingerprint density at radius 1 is 0.639 bits per heavy atom. The van der Waals surface area contributed by atoms with Crippen molar-refractivity contribution in [3.8, 4) is 0 Å². The maximum Gasteiger partial charge on any atom is 0.241 e. The van der Waals surface area contributed by atoms with Crippen LogP contribution in [-0.2, 0) is 29.5 Å². The molecule has 0 radical (unpaired) electrons. The van der Waals surface area contributed by atoms with E-state index >= 15 is 0 Å². The summed E-state index contributed by atoms with van der Waals surface area (Å²) >= 11 is 0. The summed E-state index contributed by atoms with van der Waals surface area (Å²) in [4.78, 5) is 0.219. The van der Waals surface area contributed by atoms with Crippen LogP contribution in [0.3, 0.4) is 0 Å². The van der Waals surface area contributed by atoms with Gasteiger partial charge in [-0.15, -0.1) is 0 Å². The largest absolute Gasteiger partial charge is 0.322 e. The van der Waals surface area contributed by atoms with Gasteiger partial charge in [-0.05, 0) is 41.7 Å². The van der Waals surface area contributed by atoms with E-state index in [1.165, 1.54) is 11.1 Å². The fourth-order valence-corrected chi connectivity index (χ4v) is 4.93. The van der Waals surface area contributed by atoms with Gasteiger partial charge in [-0.1, -0.05) is 123 Å². The van der Waals surface area contributed by atoms with Crippen LogP contribution >= 0.6 is 0 Å². The van der Waals surface area contributed by atoms with Crippen LogP contribution in [0.25, 0.3) is 0 Å². The first kappa shape index (κ1) is 29.6. The number of hydrogen-bond acceptors (Lipinski definition) is 3. The Labute approximate surface area is 228 Å². The summed E-state index contributed by atoms with van der Waals surface area (Å²) in [6.07, 6.45) is 0. The number of aryl methyl sites for hydroxylation is 1. The topological polar surface area (TPSA) is 72.2 Å². The van der Waals surface area contributed by atoms with Crippen LogP contribution < -0.4 is 10.5 Å². The maximum absolute atomic E-state index is 12.8. The van der Waals surface area contributed by atoms with Gasteiger partial charge in [-0.2, -0.15) is 0 Å². The average molecular weight is 588 g/mol. The summed E-state index contributed by atoms with van der Waals surface area (Å²) in [6.45, 7) is 6.54. The molecule has 0 saturated carbocycles. The molecule has 0 aromatic heterocycles. The van der Waals surface area contributed by atoms with E-state index in [0.29, 0.717) is 5.92 Å². The quantitative estimate of drug-likeness (QED) is 0.242. The molecule has 0 heterocycles. The first-order valence-electron chi connectivity index (χ1n) is 11.8. The monoisotopic (exact) mass is 588 g/mol. The van der Waals surface area contributed by atoms with Gasteiger partial charge >= 0.3 is 0 Å². The molecule has 0 fully saturated rings. The predicted octanol–water partition coefficient (Wildman–Crippen LogP) is 6.52. The van der Waals surface area contributed by atoms with E-state index < -0.39 is 22.1 Å². The van der Waals surface area contributed by atoms with Gasteiger partial charge in [0.25, 0.3) is 0 Å². The van der Waals surface area contributed by atoms with Gasteiger partial charge in [0.1, 0.15) is 0 Å². The molecule has 4 rings (SSSR count). The van der Waals surface area contributed by atoms with Crippen LogP contribution in [0.2, 0.25) is 0 Å². The summed E-state index contributed by atoms with van der Waals surface area (Å²) in [6, 6.07) is 34.8. The second-order valence-corrected chi connectivity index (χ2v) is 10.5. The zero-order valence-electron chi connectivity index (χ0n) is 20.9. The Morgan fingerprint density at radius 2 is 1.08 bits per heavy atom. The number of sulfonamides is 1. The van der Waals surface area contributed by atoms with Gasteiger partial charge in [0.2, 0.25) is 10.0 Å². The van der Waals surface area contributed by atoms with Crippen molar-refractivity contribution in [2.45, 2.75) is 43.7 Å². The Balaban J connectivity index is 0.000000350. The SMILES string of the molecule is Cc1ccc(C(C)C)cc1.N[C@@H](c1ccccc1)[C@@H](NS(=O)(=O)c1ccccc1)c1ccccc1.[Ru]. The van der Waals surface area contributed by atoms with Gasteiger partial charge in [0, 0.05) is 19.5 Å². The average Bonchev–Trinajstić information content (AvgIpc) is 2.89. The maximum atomic E-state index is 12.8. The normalized spacial score (nSPS) is 12.6. The minimum Gasteiger partial charge on any atom is -0.322 e. The predicted molar refractivity (Wildman–Crippen MR) is 145 cm³/mol. The third-order valence-corrected chi connectivity index (χ3v) is 7.24. The zero-order valence-corrected chi connectivity index (χ0v) is 23.4. The summed E-state index contributed by atoms with van der Waals surface area (Å²) in [7, 11) is -3.69. The molecule has 4 nitrogen and oxygen atoms in total. The van der Waals surface area contributed by atoms with Crippen molar-refractivity contribution in [3.05, 3.63) is 138 Å². The molecule has 6 heteroatoms. The molecule has 2 atom stereocenters. The fourth-order valence-electron chi connectivity index (χ4n) is 3.66. The molecule has 0 aliphatic heterocycles. The van der Waals surface area contributed by atoms with Crippen LogP contribution in [0.5, 0.6) is 0 Å². The van der Waals surface area contributed by atoms with Crippen LogP contribution in [0.15, 0.2) is 120 Å². The first-order chi connectivity index (χ1) is 16.8. The van der Waals surface area contributed by atoms with Crippen LogP contribution in [-0.4, -0.2) is 8.42 Å². The molecule has 36 heavy (non-hydrogen) atoms. The van der Waals surface area contributed by atoms with E-state index in [2.05, 4.69) is 49.8 Å². The minimum atomic E-state index is -3.69. The molecule has 0 aliphatic carbocycles. The zero-order chi connectivity index (χ0) is 25.3. The summed E-state index contributed by atoms with van der Waals surface area (Å²) in [5.41, 5.74) is 10.9. The third-order valence-electron chi connectivity index (χ3n) is 5.78. The van der Waals surface area contributed by atoms with Crippen LogP contribution in [0.4, 0.5) is 0 Å². The van der Waals surface area contributed by atoms with E-state index in [1.54, 1.807) is 30.3 Å². The number of nitrogens with one attached hydrogen (secondary N) is 1. The smallest absolute Gasteiger partial charge is 0.241 e. The van der Waals surface area contributed by atoms with Crippen molar-refractivity contribution in [3.63, 3.8) is 0 Å². The molecule has 4 aromatic carbocycles. The van der Waals surface area contributed by atoms with Gasteiger partial charge in [-0.3, -0.25) is 0 Å². The van der Waals surface area contributed by atoms with Crippen LogP contribution in [0.1, 0.15) is 54.1 Å². The van der Waals surface area contributed by atoms with Gasteiger partial charge in [0.05, 0.1) is 17.0 Å². The Bertz CT molecular complexity index is 1270. The van der Waals surface area contributed by atoms with Gasteiger partial charge in [-0.25, -0.2) is 13.1 Å². The van der Waals surface area contributed by atoms with E-state index in [1.807, 2.05) is 60.7 Å². The van der Waals surface area contributed by atoms with E-state index in [9.17, 15) is 8.42 Å². The van der Waals surface area contributed by atoms with E-state index in [0.717, 1.165) is 11.1 Å². The molecular weight excluding hydrogens is 553 g/mol. The molecule has 0 unspecified atom stereocenters. The second-order valence-electron chi connectivity index (χ2n) is 8.82. The van der Waals surface area contributed by atoms with E-state index in [4.69, 9.17) is 5.73 Å². The fraction of sp³-hybridized carbons (Fsp3) is 0.200. The van der Waals surface area contributed by atoms with Crippen molar-refractivity contribution in [2.24, 2.45) is 5.73 Å². The molecule has 0 aliphatic rings. The van der Waals surface area contributed by atoms with Crippen molar-refractivity contribution < 1.29 is 27.9 Å². The number of benzene rings is 4. The Hall–Kier alpha value is -2.63. The number of rotatable bonds is 7. The Kier molecular flexibility index (Phi) is 11.7. The van der Waals surface area contributed by atoms with Gasteiger partial charge in [0.15, 0.2) is 0 Å². The van der Waals surface area contributed by atoms with Crippen molar-refractivity contribution >= 4 is 10.0 Å². The van der Waals surface area contributed by atoms with Crippen molar-refractivity contribution in [1.82, 2.24) is 4.72 Å². The first-order valence-corrected chi connectivity index (χ1v) is 13.3. The number of nitrogens with two attached hydrogens (primary N) is 1. The van der Waals surface area contributed by atoms with Crippen molar-refractivity contribution in [2.75, 3.05) is 0 Å². The molecular formula is C30H34N2O2RuS. The molecule has 3 N–H and O–H groups in total. The standard InChI is InChI=1S/C20H20N2O2S.C10H14.Ru/c21-19(16-10-4-1-5-11-16)20(17-12-6-2-7-13-17)22-25(23,24)18-14-8-3-9-15-18;1-8(2)10-6-4-9(3)5-7-10;/h1-15,19-20,22H,21H2;4-8H,1-3H3;/t19-,20-;;/m0../s1. The van der Waals surface area contributed by atoms with Crippen molar-refractivity contribution in [1.29, 1.82) is 0 Å². The summed E-state index contributed by atoms with van der Waals surface area (Å²) < 4.78 is 28.3. The molecule has 0 bridgehead atoms. The van der Waals surface area contributed by atoms with Crippen LogP contribution in [0, 0.1) is 6.92 Å².